The van der Waals surface area contributed by atoms with E-state index in [1.165, 1.54) is 4.90 Å². The maximum absolute atomic E-state index is 12.0. The lowest BCUT2D eigenvalue weighted by Gasteiger charge is -2.24. The maximum atomic E-state index is 12.0. The Labute approximate surface area is 139 Å². The van der Waals surface area contributed by atoms with Gasteiger partial charge in [0, 0.05) is 28.3 Å². The summed E-state index contributed by atoms with van der Waals surface area (Å²) in [5.41, 5.74) is 0.938. The van der Waals surface area contributed by atoms with Crippen molar-refractivity contribution in [1.82, 2.24) is 4.90 Å². The van der Waals surface area contributed by atoms with Crippen molar-refractivity contribution < 1.29 is 14.7 Å². The molecule has 6 heteroatoms. The van der Waals surface area contributed by atoms with E-state index >= 15 is 0 Å². The van der Waals surface area contributed by atoms with E-state index in [0.29, 0.717) is 19.4 Å². The number of hydrogen-bond acceptors (Lipinski definition) is 2. The van der Waals surface area contributed by atoms with Crippen LogP contribution in [0.4, 0.5) is 0 Å². The lowest BCUT2D eigenvalue weighted by Crippen LogP contribution is -2.43. The zero-order valence-corrected chi connectivity index (χ0v) is 14.5. The van der Waals surface area contributed by atoms with Crippen molar-refractivity contribution in [1.29, 1.82) is 0 Å². The molecule has 0 bridgehead atoms. The first-order valence-electron chi connectivity index (χ1n) is 6.34. The molecule has 1 saturated heterocycles. The fourth-order valence-electron chi connectivity index (χ4n) is 2.39. The molecule has 1 N–H and O–H groups in total. The first-order valence-corrected chi connectivity index (χ1v) is 8.54. The minimum Gasteiger partial charge on any atom is -0.480 e. The molecule has 1 aromatic carbocycles. The van der Waals surface area contributed by atoms with Crippen LogP contribution in [0.25, 0.3) is 0 Å². The third kappa shape index (κ3) is 3.72. The van der Waals surface area contributed by atoms with E-state index < -0.39 is 12.0 Å². The van der Waals surface area contributed by atoms with E-state index in [0.717, 1.165) is 14.5 Å². The van der Waals surface area contributed by atoms with Crippen molar-refractivity contribution in [3.63, 3.8) is 0 Å². The van der Waals surface area contributed by atoms with E-state index in [9.17, 15) is 14.7 Å². The normalized spacial score (nSPS) is 20.2. The zero-order valence-electron chi connectivity index (χ0n) is 10.8. The van der Waals surface area contributed by atoms with E-state index in [-0.39, 0.29) is 11.8 Å². The molecular formula is C14H15BrINO3. The number of alkyl halides is 1. The van der Waals surface area contributed by atoms with Crippen LogP contribution in [0, 0.1) is 9.49 Å². The van der Waals surface area contributed by atoms with Gasteiger partial charge in [-0.2, -0.15) is 0 Å². The number of nitrogens with zero attached hydrogens (tertiary/aromatic N) is 1. The molecule has 1 fully saturated rings. The van der Waals surface area contributed by atoms with Crippen LogP contribution >= 0.6 is 38.5 Å². The molecule has 0 saturated carbocycles. The van der Waals surface area contributed by atoms with Crippen LogP contribution < -0.4 is 0 Å². The largest absolute Gasteiger partial charge is 0.480 e. The quantitative estimate of drug-likeness (QED) is 0.552. The summed E-state index contributed by atoms with van der Waals surface area (Å²) in [4.78, 5) is 25.0. The van der Waals surface area contributed by atoms with Gasteiger partial charge < -0.3 is 10.0 Å². The second kappa shape index (κ2) is 6.89. The number of carbonyl (C=O) groups is 2. The highest BCUT2D eigenvalue weighted by atomic mass is 127. The van der Waals surface area contributed by atoms with Crippen molar-refractivity contribution in [2.24, 2.45) is 5.92 Å². The number of carboxylic acid groups (broad SMARTS) is 1. The molecular weight excluding hydrogens is 437 g/mol. The molecule has 0 radical (unpaired) electrons. The molecule has 0 aliphatic carbocycles. The smallest absolute Gasteiger partial charge is 0.326 e. The van der Waals surface area contributed by atoms with Crippen molar-refractivity contribution >= 4 is 50.4 Å². The van der Waals surface area contributed by atoms with Crippen molar-refractivity contribution in [3.8, 4) is 0 Å². The van der Waals surface area contributed by atoms with Crippen LogP contribution in [0.15, 0.2) is 24.3 Å². The van der Waals surface area contributed by atoms with Gasteiger partial charge in [0.05, 0.1) is 0 Å². The molecule has 2 atom stereocenters. The molecule has 0 aromatic heterocycles. The molecule has 0 spiro atoms. The van der Waals surface area contributed by atoms with Crippen LogP contribution in [0.1, 0.15) is 12.0 Å². The average Bonchev–Trinajstić information content (AvgIpc) is 2.79. The Kier molecular flexibility index (Phi) is 5.42. The minimum absolute atomic E-state index is 0.0626. The number of aliphatic carboxylic acids is 1. The van der Waals surface area contributed by atoms with Crippen LogP contribution in [-0.2, 0) is 16.0 Å². The highest BCUT2D eigenvalue weighted by molar-refractivity contribution is 14.1. The highest BCUT2D eigenvalue weighted by Crippen LogP contribution is 2.23. The second-order valence-electron chi connectivity index (χ2n) is 4.96. The monoisotopic (exact) mass is 451 g/mol. The van der Waals surface area contributed by atoms with Crippen LogP contribution in [0.3, 0.4) is 0 Å². The molecule has 1 amide bonds. The second-order valence-corrected chi connectivity index (χ2v) is 6.85. The summed E-state index contributed by atoms with van der Waals surface area (Å²) >= 11 is 5.57. The molecule has 1 aliphatic heterocycles. The van der Waals surface area contributed by atoms with E-state index in [1.807, 2.05) is 24.3 Å². The number of likely N-dealkylation sites (tertiary alicyclic amines) is 1. The van der Waals surface area contributed by atoms with Gasteiger partial charge >= 0.3 is 5.97 Å². The summed E-state index contributed by atoms with van der Waals surface area (Å²) in [5, 5.41) is 10.1. The summed E-state index contributed by atoms with van der Waals surface area (Å²) in [6.45, 7) is 0.519. The van der Waals surface area contributed by atoms with Gasteiger partial charge in [-0.05, 0) is 46.2 Å². The van der Waals surface area contributed by atoms with Gasteiger partial charge in [0.25, 0.3) is 0 Å². The standard InChI is InChI=1S/C14H15BrINO3/c15-7-10-6-13(18)17(8-10)12(14(19)20)5-9-1-3-11(16)4-2-9/h1-4,10,12H,5-8H2,(H,19,20)/t10?,12-/m0/s1. The predicted molar refractivity (Wildman–Crippen MR) is 87.9 cm³/mol. The first-order chi connectivity index (χ1) is 9.51. The topological polar surface area (TPSA) is 57.6 Å². The first kappa shape index (κ1) is 15.8. The number of rotatable bonds is 5. The summed E-state index contributed by atoms with van der Waals surface area (Å²) in [6.07, 6.45) is 0.786. The Balaban J connectivity index is 2.13. The number of carbonyl (C=O) groups excluding carboxylic acids is 1. The average molecular weight is 452 g/mol. The fraction of sp³-hybridized carbons (Fsp3) is 0.429. The molecule has 108 valence electrons. The molecule has 1 aliphatic rings. The molecule has 2 rings (SSSR count). The number of carboxylic acids is 1. The van der Waals surface area contributed by atoms with Gasteiger partial charge in [-0.3, -0.25) is 4.79 Å². The van der Waals surface area contributed by atoms with Gasteiger partial charge in [0.1, 0.15) is 6.04 Å². The van der Waals surface area contributed by atoms with Crippen molar-refractivity contribution in [3.05, 3.63) is 33.4 Å². The molecule has 4 nitrogen and oxygen atoms in total. The number of amides is 1. The van der Waals surface area contributed by atoms with Crippen LogP contribution in [0.5, 0.6) is 0 Å². The molecule has 1 aromatic rings. The number of halogens is 2. The third-order valence-electron chi connectivity index (χ3n) is 3.46. The van der Waals surface area contributed by atoms with E-state index in [2.05, 4.69) is 38.5 Å². The third-order valence-corrected chi connectivity index (χ3v) is 5.10. The Hall–Kier alpha value is -0.630. The summed E-state index contributed by atoms with van der Waals surface area (Å²) in [6, 6.07) is 6.95. The number of benzene rings is 1. The fourth-order valence-corrected chi connectivity index (χ4v) is 3.18. The van der Waals surface area contributed by atoms with Gasteiger partial charge in [-0.25, -0.2) is 4.79 Å². The summed E-state index contributed by atoms with van der Waals surface area (Å²) in [5.74, 6) is -0.791. The Morgan fingerprint density at radius 2 is 2.10 bits per heavy atom. The SMILES string of the molecule is O=C(O)[C@H](Cc1ccc(I)cc1)N1CC(CBr)CC1=O. The zero-order chi connectivity index (χ0) is 14.7. The van der Waals surface area contributed by atoms with Crippen LogP contribution in [-0.4, -0.2) is 39.8 Å². The van der Waals surface area contributed by atoms with Crippen molar-refractivity contribution in [2.45, 2.75) is 18.9 Å². The Morgan fingerprint density at radius 1 is 1.45 bits per heavy atom. The molecule has 20 heavy (non-hydrogen) atoms. The predicted octanol–water partition coefficient (Wildman–Crippen LogP) is 2.53. The molecule has 1 unspecified atom stereocenters. The highest BCUT2D eigenvalue weighted by Gasteiger charge is 2.37. The maximum Gasteiger partial charge on any atom is 0.326 e. The van der Waals surface area contributed by atoms with E-state index in [1.54, 1.807) is 0 Å². The van der Waals surface area contributed by atoms with Gasteiger partial charge in [0.2, 0.25) is 5.91 Å². The van der Waals surface area contributed by atoms with Crippen LogP contribution in [0.2, 0.25) is 0 Å². The van der Waals surface area contributed by atoms with E-state index in [4.69, 9.17) is 0 Å². The lowest BCUT2D eigenvalue weighted by molar-refractivity contribution is -0.148. The van der Waals surface area contributed by atoms with Gasteiger partial charge in [0.15, 0.2) is 0 Å². The Morgan fingerprint density at radius 3 is 2.60 bits per heavy atom. The Bertz CT molecular complexity index is 506. The van der Waals surface area contributed by atoms with Gasteiger partial charge in [-0.1, -0.05) is 28.1 Å². The molecule has 1 heterocycles. The minimum atomic E-state index is -0.938. The summed E-state index contributed by atoms with van der Waals surface area (Å²) in [7, 11) is 0. The number of hydrogen-bond donors (Lipinski definition) is 1. The lowest BCUT2D eigenvalue weighted by atomic mass is 10.0. The van der Waals surface area contributed by atoms with Crippen molar-refractivity contribution in [2.75, 3.05) is 11.9 Å². The summed E-state index contributed by atoms with van der Waals surface area (Å²) < 4.78 is 1.11. The van der Waals surface area contributed by atoms with Gasteiger partial charge in [-0.15, -0.1) is 0 Å².